The Kier molecular flexibility index (Phi) is 7.22. The topological polar surface area (TPSA) is 76.4 Å². The Morgan fingerprint density at radius 3 is 2.76 bits per heavy atom. The number of aromatic nitrogens is 1. The Morgan fingerprint density at radius 1 is 1.21 bits per heavy atom. The largest absolute Gasteiger partial charge is 0.496 e. The quantitative estimate of drug-likeness (QED) is 0.183. The van der Waals surface area contributed by atoms with E-state index in [1.165, 1.54) is 7.11 Å². The number of rotatable bonds is 4. The number of benzene rings is 3. The zero-order valence-electron chi connectivity index (χ0n) is 17.3. The predicted octanol–water partition coefficient (Wildman–Crippen LogP) is 6.96. The molecule has 0 unspecified atom stereocenters. The van der Waals surface area contributed by atoms with Crippen LogP contribution in [0.2, 0.25) is 5.02 Å². The van der Waals surface area contributed by atoms with Gasteiger partial charge in [0, 0.05) is 13.7 Å². The van der Waals surface area contributed by atoms with Crippen LogP contribution in [0.5, 0.6) is 5.75 Å². The van der Waals surface area contributed by atoms with Crippen molar-refractivity contribution in [3.63, 3.8) is 0 Å². The molecule has 0 fully saturated rings. The minimum absolute atomic E-state index is 0.142. The number of amides is 1. The lowest BCUT2D eigenvalue weighted by atomic mass is 10.1. The molecule has 1 aromatic heterocycles. The van der Waals surface area contributed by atoms with E-state index in [0.29, 0.717) is 39.0 Å². The van der Waals surface area contributed by atoms with Gasteiger partial charge in [-0.25, -0.2) is 4.98 Å². The Bertz CT molecular complexity index is 1410. The predicted molar refractivity (Wildman–Crippen MR) is 146 cm³/mol. The monoisotopic (exact) mass is 655 g/mol. The average Bonchev–Trinajstić information content (AvgIpc) is 3.18. The highest BCUT2D eigenvalue weighted by Gasteiger charge is 2.17. The zero-order valence-corrected chi connectivity index (χ0v) is 22.6. The average molecular weight is 657 g/mol. The Labute approximate surface area is 222 Å². The van der Waals surface area contributed by atoms with Gasteiger partial charge in [0.15, 0.2) is 10.7 Å². The first-order valence-electron chi connectivity index (χ1n) is 9.57. The Morgan fingerprint density at radius 2 is 2.00 bits per heavy atom. The molecule has 2 N–H and O–H groups in total. The van der Waals surface area contributed by atoms with E-state index in [1.54, 1.807) is 24.3 Å². The minimum Gasteiger partial charge on any atom is -0.496 e. The third kappa shape index (κ3) is 5.32. The molecule has 0 saturated carbocycles. The smallest absolute Gasteiger partial charge is 0.261 e. The maximum Gasteiger partial charge on any atom is 0.261 e. The lowest BCUT2D eigenvalue weighted by molar-refractivity contribution is 0.0974. The fourth-order valence-electron chi connectivity index (χ4n) is 3.28. The number of nitrogens with zero attached hydrogens (tertiary/aromatic N) is 1. The maximum atomic E-state index is 12.8. The second-order valence-electron chi connectivity index (χ2n) is 7.04. The van der Waals surface area contributed by atoms with Gasteiger partial charge in [0.1, 0.15) is 11.3 Å². The van der Waals surface area contributed by atoms with E-state index in [1.807, 2.05) is 31.2 Å². The number of halogens is 3. The molecule has 33 heavy (non-hydrogen) atoms. The van der Waals surface area contributed by atoms with E-state index in [4.69, 9.17) is 33.0 Å². The summed E-state index contributed by atoms with van der Waals surface area (Å²) in [6, 6.07) is 14.5. The summed E-state index contributed by atoms with van der Waals surface area (Å²) in [4.78, 5) is 17.3. The molecule has 4 aromatic rings. The van der Waals surface area contributed by atoms with Crippen molar-refractivity contribution in [1.29, 1.82) is 0 Å². The molecule has 0 spiro atoms. The molecule has 1 amide bonds. The van der Waals surface area contributed by atoms with E-state index in [2.05, 4.69) is 54.1 Å². The molecular weight excluding hydrogens is 641 g/mol. The number of nitrogens with one attached hydrogen (secondary N) is 2. The number of hydrogen-bond donors (Lipinski definition) is 2. The van der Waals surface area contributed by atoms with Crippen LogP contribution in [-0.2, 0) is 0 Å². The normalized spacial score (nSPS) is 10.8. The molecule has 168 valence electrons. The molecular formula is C23H16BrClIN3O3S. The number of anilines is 1. The third-order valence-electron chi connectivity index (χ3n) is 4.72. The van der Waals surface area contributed by atoms with Crippen LogP contribution in [0.25, 0.3) is 22.6 Å². The molecule has 0 saturated heterocycles. The molecule has 0 aliphatic carbocycles. The van der Waals surface area contributed by atoms with Crippen LogP contribution in [0.1, 0.15) is 15.9 Å². The summed E-state index contributed by atoms with van der Waals surface area (Å²) in [5.41, 5.74) is 3.81. The molecule has 3 aromatic carbocycles. The fraction of sp³-hybridized carbons (Fsp3) is 0.0870. The number of carbonyl (C=O) groups excluding carboxylic acids is 1. The van der Waals surface area contributed by atoms with Crippen LogP contribution < -0.4 is 15.4 Å². The molecule has 4 rings (SSSR count). The minimum atomic E-state index is -0.383. The number of methoxy groups -OCH3 is 1. The second-order valence-corrected chi connectivity index (χ2v) is 10.0. The Hall–Kier alpha value is -2.21. The van der Waals surface area contributed by atoms with Crippen LogP contribution in [0.15, 0.2) is 57.4 Å². The molecule has 0 radical (unpaired) electrons. The number of fused-ring (bicyclic) bond motifs is 1. The molecule has 0 aliphatic heterocycles. The second kappa shape index (κ2) is 9.96. The first-order chi connectivity index (χ1) is 15.7. The Balaban J connectivity index is 1.53. The van der Waals surface area contributed by atoms with E-state index in [0.717, 1.165) is 19.2 Å². The number of oxazole rings is 1. The van der Waals surface area contributed by atoms with Gasteiger partial charge in [-0.15, -0.1) is 0 Å². The summed E-state index contributed by atoms with van der Waals surface area (Å²) in [5, 5.41) is 6.39. The van der Waals surface area contributed by atoms with Gasteiger partial charge in [0.05, 0.1) is 23.3 Å². The van der Waals surface area contributed by atoms with Crippen molar-refractivity contribution in [2.75, 3.05) is 12.4 Å². The van der Waals surface area contributed by atoms with E-state index < -0.39 is 0 Å². The van der Waals surface area contributed by atoms with Crippen molar-refractivity contribution in [2.45, 2.75) is 6.92 Å². The lowest BCUT2D eigenvalue weighted by Gasteiger charge is -2.13. The van der Waals surface area contributed by atoms with E-state index >= 15 is 0 Å². The lowest BCUT2D eigenvalue weighted by Crippen LogP contribution is -2.34. The van der Waals surface area contributed by atoms with Gasteiger partial charge in [0.25, 0.3) is 5.91 Å². The maximum absolute atomic E-state index is 12.8. The first kappa shape index (κ1) is 23.9. The number of aryl methyl sites for hydroxylation is 1. The van der Waals surface area contributed by atoms with Gasteiger partial charge >= 0.3 is 0 Å². The highest BCUT2D eigenvalue weighted by Crippen LogP contribution is 2.32. The van der Waals surface area contributed by atoms with Gasteiger partial charge < -0.3 is 14.5 Å². The van der Waals surface area contributed by atoms with E-state index in [9.17, 15) is 4.79 Å². The SMILES string of the molecule is COc1c(C)cc(Br)cc1C(=O)NC(=S)Nc1ccc2oc(-c3cc(I)ccc3Cl)nc2c1. The number of carbonyl (C=O) groups is 1. The summed E-state index contributed by atoms with van der Waals surface area (Å²) in [7, 11) is 1.52. The van der Waals surface area contributed by atoms with Crippen LogP contribution in [0, 0.1) is 10.5 Å². The van der Waals surface area contributed by atoms with Crippen LogP contribution >= 0.6 is 62.3 Å². The fourth-order valence-corrected chi connectivity index (χ4v) is 4.76. The van der Waals surface area contributed by atoms with Gasteiger partial charge in [-0.2, -0.15) is 0 Å². The van der Waals surface area contributed by atoms with Gasteiger partial charge in [0.2, 0.25) is 5.89 Å². The molecule has 6 nitrogen and oxygen atoms in total. The highest BCUT2D eigenvalue weighted by atomic mass is 127. The summed E-state index contributed by atoms with van der Waals surface area (Å²) in [5.74, 6) is 0.537. The van der Waals surface area contributed by atoms with Gasteiger partial charge in [-0.1, -0.05) is 27.5 Å². The van der Waals surface area contributed by atoms with Gasteiger partial charge in [-0.05, 0) is 95.8 Å². The van der Waals surface area contributed by atoms with Crippen molar-refractivity contribution in [3.8, 4) is 17.2 Å². The number of hydrogen-bond acceptors (Lipinski definition) is 5. The van der Waals surface area contributed by atoms with Crippen LogP contribution in [0.3, 0.4) is 0 Å². The van der Waals surface area contributed by atoms with Crippen molar-refractivity contribution >= 4 is 90.1 Å². The van der Waals surface area contributed by atoms with Crippen molar-refractivity contribution in [1.82, 2.24) is 10.3 Å². The van der Waals surface area contributed by atoms with E-state index in [-0.39, 0.29) is 11.0 Å². The summed E-state index contributed by atoms with van der Waals surface area (Å²) >= 11 is 17.3. The number of ether oxygens (including phenoxy) is 1. The summed E-state index contributed by atoms with van der Waals surface area (Å²) < 4.78 is 13.0. The van der Waals surface area contributed by atoms with Crippen molar-refractivity contribution in [3.05, 3.63) is 72.7 Å². The molecule has 1 heterocycles. The molecule has 0 atom stereocenters. The molecule has 10 heteroatoms. The van der Waals surface area contributed by atoms with Gasteiger partial charge in [-0.3, -0.25) is 10.1 Å². The number of thiocarbonyl (C=S) groups is 1. The third-order valence-corrected chi connectivity index (χ3v) is 6.38. The van der Waals surface area contributed by atoms with Crippen molar-refractivity contribution < 1.29 is 13.9 Å². The molecule has 0 aliphatic rings. The van der Waals surface area contributed by atoms with Crippen LogP contribution in [-0.4, -0.2) is 23.1 Å². The standard InChI is InChI=1S/C23H16BrClIN3O3S/c1-11-7-12(24)8-16(20(11)31-2)21(30)29-23(33)27-14-4-6-19-18(10-14)28-22(32-19)15-9-13(26)3-5-17(15)25/h3-10H,1-2H3,(H2,27,29,30,33). The van der Waals surface area contributed by atoms with Crippen molar-refractivity contribution in [2.24, 2.45) is 0 Å². The summed E-state index contributed by atoms with van der Waals surface area (Å²) in [6.07, 6.45) is 0. The zero-order chi connectivity index (χ0) is 23.7. The highest BCUT2D eigenvalue weighted by molar-refractivity contribution is 14.1. The molecule has 0 bridgehead atoms. The summed E-state index contributed by atoms with van der Waals surface area (Å²) in [6.45, 7) is 1.86. The first-order valence-corrected chi connectivity index (χ1v) is 12.2. The van der Waals surface area contributed by atoms with Crippen LogP contribution in [0.4, 0.5) is 5.69 Å².